The Bertz CT molecular complexity index is 1000. The van der Waals surface area contributed by atoms with Crippen molar-refractivity contribution in [3.05, 3.63) is 69.9 Å². The monoisotopic (exact) mass is 447 g/mol. The number of carbonyl (C=O) groups excluding carboxylic acids is 2. The molecule has 0 spiro atoms. The molecule has 1 N–H and O–H groups in total. The molecule has 3 heterocycles. The number of hydrogen-bond acceptors (Lipinski definition) is 7. The Morgan fingerprint density at radius 3 is 2.77 bits per heavy atom. The van der Waals surface area contributed by atoms with Gasteiger partial charge in [-0.3, -0.25) is 9.69 Å². The predicted octanol–water partition coefficient (Wildman–Crippen LogP) is 4.15. The highest BCUT2D eigenvalue weighted by atomic mass is 35.5. The van der Waals surface area contributed by atoms with E-state index >= 15 is 0 Å². The third-order valence-electron chi connectivity index (χ3n) is 4.75. The third-order valence-corrected chi connectivity index (χ3v) is 5.89. The second-order valence-electron chi connectivity index (χ2n) is 6.71. The first kappa shape index (κ1) is 22.0. The summed E-state index contributed by atoms with van der Waals surface area (Å²) in [6.07, 6.45) is 2.13. The van der Waals surface area contributed by atoms with Crippen LogP contribution in [0.15, 0.2) is 47.1 Å². The van der Waals surface area contributed by atoms with E-state index in [4.69, 9.17) is 9.26 Å². The molecule has 9 heteroatoms. The van der Waals surface area contributed by atoms with Gasteiger partial charge in [0.2, 0.25) is 5.76 Å². The fourth-order valence-corrected chi connectivity index (χ4v) is 4.71. The van der Waals surface area contributed by atoms with Crippen LogP contribution in [0, 0.1) is 0 Å². The van der Waals surface area contributed by atoms with Crippen molar-refractivity contribution in [2.24, 2.45) is 0 Å². The largest absolute Gasteiger partial charge is 0.462 e. The lowest BCUT2D eigenvalue weighted by atomic mass is 10.0. The highest BCUT2D eigenvalue weighted by Gasteiger charge is 2.30. The zero-order chi connectivity index (χ0) is 20.2. The van der Waals surface area contributed by atoms with Crippen molar-refractivity contribution >= 4 is 40.6 Å². The maximum Gasteiger partial charge on any atom is 0.341 e. The summed E-state index contributed by atoms with van der Waals surface area (Å²) in [6.45, 7) is 4.44. The Balaban J connectivity index is 0.00000256. The molecule has 0 aliphatic carbocycles. The quantitative estimate of drug-likeness (QED) is 0.571. The number of thiophene rings is 1. The van der Waals surface area contributed by atoms with Gasteiger partial charge in [-0.05, 0) is 24.5 Å². The van der Waals surface area contributed by atoms with E-state index in [1.165, 1.54) is 29.2 Å². The number of nitrogens with zero attached hydrogens (tertiary/aromatic N) is 2. The molecule has 2 aromatic heterocycles. The summed E-state index contributed by atoms with van der Waals surface area (Å²) in [4.78, 5) is 28.5. The second kappa shape index (κ2) is 9.88. The van der Waals surface area contributed by atoms with Crippen molar-refractivity contribution in [3.8, 4) is 0 Å². The molecule has 7 nitrogen and oxygen atoms in total. The van der Waals surface area contributed by atoms with Crippen LogP contribution in [0.2, 0.25) is 0 Å². The van der Waals surface area contributed by atoms with Gasteiger partial charge in [0.15, 0.2) is 0 Å². The number of benzene rings is 1. The number of hydrogen-bond donors (Lipinski definition) is 1. The smallest absolute Gasteiger partial charge is 0.341 e. The summed E-state index contributed by atoms with van der Waals surface area (Å²) >= 11 is 1.42. The SMILES string of the molecule is CCOC(=O)c1c(NC(=O)c2ccno2)sc2c1CCN(Cc1ccccc1)C2.Cl. The molecule has 3 aromatic rings. The first-order chi connectivity index (χ1) is 14.2. The molecule has 0 fully saturated rings. The van der Waals surface area contributed by atoms with Crippen LogP contribution in [0.3, 0.4) is 0 Å². The molecule has 1 aliphatic rings. The van der Waals surface area contributed by atoms with E-state index in [1.807, 2.05) is 18.2 Å². The molecule has 0 bridgehead atoms. The van der Waals surface area contributed by atoms with Crippen molar-refractivity contribution in [1.29, 1.82) is 0 Å². The fourth-order valence-electron chi connectivity index (χ4n) is 3.44. The first-order valence-corrected chi connectivity index (χ1v) is 10.3. The minimum atomic E-state index is -0.437. The van der Waals surface area contributed by atoms with Crippen molar-refractivity contribution < 1.29 is 18.8 Å². The summed E-state index contributed by atoms with van der Waals surface area (Å²) in [5.41, 5.74) is 2.67. The number of carbonyl (C=O) groups is 2. The number of anilines is 1. The molecular formula is C21H22ClN3O4S. The molecule has 0 radical (unpaired) electrons. The Morgan fingerprint density at radius 2 is 2.07 bits per heavy atom. The van der Waals surface area contributed by atoms with Crippen molar-refractivity contribution in [1.82, 2.24) is 10.1 Å². The van der Waals surface area contributed by atoms with Crippen LogP contribution in [0.5, 0.6) is 0 Å². The Labute approximate surface area is 184 Å². The van der Waals surface area contributed by atoms with E-state index in [9.17, 15) is 9.59 Å². The highest BCUT2D eigenvalue weighted by Crippen LogP contribution is 2.38. The van der Waals surface area contributed by atoms with Gasteiger partial charge >= 0.3 is 5.97 Å². The number of halogens is 1. The van der Waals surface area contributed by atoms with Crippen LogP contribution in [0.25, 0.3) is 0 Å². The molecule has 0 unspecified atom stereocenters. The second-order valence-corrected chi connectivity index (χ2v) is 7.81. The molecular weight excluding hydrogens is 426 g/mol. The van der Waals surface area contributed by atoms with E-state index in [0.717, 1.165) is 36.5 Å². The lowest BCUT2D eigenvalue weighted by molar-refractivity contribution is 0.0526. The van der Waals surface area contributed by atoms with Crippen LogP contribution < -0.4 is 5.32 Å². The Hall–Kier alpha value is -2.68. The summed E-state index contributed by atoms with van der Waals surface area (Å²) in [5.74, 6) is -0.751. The van der Waals surface area contributed by atoms with Crippen LogP contribution >= 0.6 is 23.7 Å². The molecule has 0 atom stereocenters. The summed E-state index contributed by atoms with van der Waals surface area (Å²) in [5, 5.41) is 6.85. The van der Waals surface area contributed by atoms with Gasteiger partial charge in [0.25, 0.3) is 5.91 Å². The minimum absolute atomic E-state index is 0. The summed E-state index contributed by atoms with van der Waals surface area (Å²) in [7, 11) is 0. The van der Waals surface area contributed by atoms with Crippen molar-refractivity contribution in [2.75, 3.05) is 18.5 Å². The molecule has 1 aromatic carbocycles. The molecule has 30 heavy (non-hydrogen) atoms. The molecule has 0 saturated carbocycles. The van der Waals surface area contributed by atoms with Crippen LogP contribution in [0.4, 0.5) is 5.00 Å². The van der Waals surface area contributed by atoms with Gasteiger partial charge in [-0.25, -0.2) is 4.79 Å². The van der Waals surface area contributed by atoms with Crippen LogP contribution in [-0.4, -0.2) is 35.1 Å². The van der Waals surface area contributed by atoms with Crippen LogP contribution in [-0.2, 0) is 24.2 Å². The van der Waals surface area contributed by atoms with Gasteiger partial charge in [-0.2, -0.15) is 0 Å². The molecule has 1 aliphatic heterocycles. The molecule has 1 amide bonds. The van der Waals surface area contributed by atoms with Crippen molar-refractivity contribution in [2.45, 2.75) is 26.4 Å². The summed E-state index contributed by atoms with van der Waals surface area (Å²) < 4.78 is 10.2. The standard InChI is InChI=1S/C21H21N3O4S.ClH/c1-2-27-21(26)18-15-9-11-24(12-14-6-4-3-5-7-14)13-17(15)29-20(18)23-19(25)16-8-10-22-28-16;/h3-8,10H,2,9,11-13H2,1H3,(H,23,25);1H. The molecule has 4 rings (SSSR count). The third kappa shape index (κ3) is 4.72. The van der Waals surface area contributed by atoms with Gasteiger partial charge < -0.3 is 14.6 Å². The van der Waals surface area contributed by atoms with Gasteiger partial charge in [-0.1, -0.05) is 35.5 Å². The van der Waals surface area contributed by atoms with Crippen molar-refractivity contribution in [3.63, 3.8) is 0 Å². The Morgan fingerprint density at radius 1 is 1.27 bits per heavy atom. The van der Waals surface area contributed by atoms with E-state index in [0.29, 0.717) is 10.6 Å². The first-order valence-electron chi connectivity index (χ1n) is 9.45. The zero-order valence-electron chi connectivity index (χ0n) is 16.4. The minimum Gasteiger partial charge on any atom is -0.462 e. The van der Waals surface area contributed by atoms with E-state index in [2.05, 4.69) is 27.5 Å². The lowest BCUT2D eigenvalue weighted by Crippen LogP contribution is -2.29. The maximum absolute atomic E-state index is 12.6. The number of nitrogens with one attached hydrogen (secondary N) is 1. The average molecular weight is 448 g/mol. The Kier molecular flexibility index (Phi) is 7.25. The fraction of sp³-hybridized carbons (Fsp3) is 0.286. The molecule has 158 valence electrons. The van der Waals surface area contributed by atoms with Gasteiger partial charge in [0.1, 0.15) is 5.00 Å². The zero-order valence-corrected chi connectivity index (χ0v) is 18.1. The van der Waals surface area contributed by atoms with Gasteiger partial charge in [0.05, 0.1) is 18.4 Å². The van der Waals surface area contributed by atoms with E-state index in [1.54, 1.807) is 6.92 Å². The number of fused-ring (bicyclic) bond motifs is 1. The number of rotatable bonds is 6. The average Bonchev–Trinajstić information content (AvgIpc) is 3.36. The highest BCUT2D eigenvalue weighted by molar-refractivity contribution is 7.17. The van der Waals surface area contributed by atoms with Gasteiger partial charge in [-0.15, -0.1) is 23.7 Å². The number of ether oxygens (including phenoxy) is 1. The number of esters is 1. The van der Waals surface area contributed by atoms with E-state index in [-0.39, 0.29) is 24.8 Å². The molecule has 0 saturated heterocycles. The number of amides is 1. The van der Waals surface area contributed by atoms with Gasteiger partial charge in [0, 0.05) is 30.6 Å². The lowest BCUT2D eigenvalue weighted by Gasteiger charge is -2.27. The normalized spacial score (nSPS) is 13.2. The summed E-state index contributed by atoms with van der Waals surface area (Å²) in [6, 6.07) is 11.8. The van der Waals surface area contributed by atoms with E-state index < -0.39 is 11.9 Å². The maximum atomic E-state index is 12.6. The van der Waals surface area contributed by atoms with Crippen LogP contribution in [0.1, 0.15) is 43.8 Å². The predicted molar refractivity (Wildman–Crippen MR) is 116 cm³/mol. The number of aromatic nitrogens is 1. The topological polar surface area (TPSA) is 84.7 Å².